The van der Waals surface area contributed by atoms with E-state index in [9.17, 15) is 9.18 Å². The topological polar surface area (TPSA) is 29.4 Å². The summed E-state index contributed by atoms with van der Waals surface area (Å²) in [6.07, 6.45) is 3.09. The van der Waals surface area contributed by atoms with Crippen LogP contribution < -0.4 is 0 Å². The van der Waals surface area contributed by atoms with E-state index in [0.717, 1.165) is 18.4 Å². The van der Waals surface area contributed by atoms with Gasteiger partial charge in [-0.2, -0.15) is 4.99 Å². The molecule has 0 saturated heterocycles. The molecule has 0 bridgehead atoms. The molecule has 0 aliphatic heterocycles. The summed E-state index contributed by atoms with van der Waals surface area (Å²) in [6, 6.07) is 3.12. The number of aliphatic imine (C=N–C) groups is 1. The highest BCUT2D eigenvalue weighted by Gasteiger charge is 2.45. The molecule has 5 heteroatoms. The monoisotopic (exact) mass is 289 g/mol. The average molecular weight is 291 g/mol. The highest BCUT2D eigenvalue weighted by atomic mass is 79.9. The molecule has 0 radical (unpaired) electrons. The van der Waals surface area contributed by atoms with Crippen molar-refractivity contribution < 1.29 is 9.18 Å². The van der Waals surface area contributed by atoms with Crippen LogP contribution in [0.25, 0.3) is 0 Å². The Morgan fingerprint density at radius 1 is 1.53 bits per heavy atom. The van der Waals surface area contributed by atoms with Crippen LogP contribution >= 0.6 is 27.5 Å². The van der Waals surface area contributed by atoms with Crippen LogP contribution in [0.15, 0.2) is 21.6 Å². The molecule has 2 nitrogen and oxygen atoms in total. The maximum atomic E-state index is 13.2. The lowest BCUT2D eigenvalue weighted by molar-refractivity contribution is 0.556. The van der Waals surface area contributed by atoms with E-state index < -0.39 is 11.4 Å². The zero-order valence-electron chi connectivity index (χ0n) is 7.56. The Labute approximate surface area is 99.3 Å². The normalized spacial score (nSPS) is 17.0. The summed E-state index contributed by atoms with van der Waals surface area (Å²) in [7, 11) is 0. The number of hydrogen-bond donors (Lipinski definition) is 0. The molecule has 0 aromatic heterocycles. The summed E-state index contributed by atoms with van der Waals surface area (Å²) in [5.74, 6) is -0.494. The van der Waals surface area contributed by atoms with E-state index in [1.54, 1.807) is 12.1 Å². The van der Waals surface area contributed by atoms with Crippen LogP contribution in [0, 0.1) is 5.82 Å². The van der Waals surface area contributed by atoms with Crippen molar-refractivity contribution >= 4 is 33.6 Å². The van der Waals surface area contributed by atoms with Crippen LogP contribution in [-0.2, 0) is 10.3 Å². The predicted octanol–water partition coefficient (Wildman–Crippen LogP) is 3.57. The molecular formula is C10H6BrClFNO. The predicted molar refractivity (Wildman–Crippen MR) is 58.1 cm³/mol. The van der Waals surface area contributed by atoms with Gasteiger partial charge < -0.3 is 0 Å². The average Bonchev–Trinajstić information content (AvgIpc) is 2.95. The SMILES string of the molecule is O=C=NC1(c2cc(Cl)c(F)c(Br)c2)CC1. The summed E-state index contributed by atoms with van der Waals surface area (Å²) >= 11 is 8.78. The Morgan fingerprint density at radius 3 is 2.67 bits per heavy atom. The second-order valence-electron chi connectivity index (χ2n) is 3.49. The summed E-state index contributed by atoms with van der Waals surface area (Å²) in [5.41, 5.74) is 0.242. The Morgan fingerprint density at radius 2 is 2.20 bits per heavy atom. The Hall–Kier alpha value is -0.700. The fourth-order valence-electron chi connectivity index (χ4n) is 1.49. The molecule has 1 saturated carbocycles. The van der Waals surface area contributed by atoms with Gasteiger partial charge in [-0.1, -0.05) is 11.6 Å². The van der Waals surface area contributed by atoms with Crippen LogP contribution in [0.1, 0.15) is 18.4 Å². The molecule has 1 aromatic rings. The Kier molecular flexibility index (Phi) is 2.67. The largest absolute Gasteiger partial charge is 0.235 e. The van der Waals surface area contributed by atoms with Crippen molar-refractivity contribution in [2.45, 2.75) is 18.4 Å². The molecule has 0 N–H and O–H groups in total. The second-order valence-corrected chi connectivity index (χ2v) is 4.75. The third-order valence-corrected chi connectivity index (χ3v) is 3.36. The molecule has 2 rings (SSSR count). The molecule has 0 spiro atoms. The molecule has 0 heterocycles. The fourth-order valence-corrected chi connectivity index (χ4v) is 2.29. The van der Waals surface area contributed by atoms with E-state index in [-0.39, 0.29) is 9.50 Å². The first-order chi connectivity index (χ1) is 7.09. The van der Waals surface area contributed by atoms with Crippen LogP contribution in [0.5, 0.6) is 0 Å². The van der Waals surface area contributed by atoms with E-state index in [4.69, 9.17) is 11.6 Å². The van der Waals surface area contributed by atoms with Gasteiger partial charge >= 0.3 is 0 Å². The molecular weight excluding hydrogens is 284 g/mol. The number of halogens is 3. The summed E-state index contributed by atoms with van der Waals surface area (Å²) in [4.78, 5) is 14.0. The lowest BCUT2D eigenvalue weighted by Crippen LogP contribution is -2.03. The molecule has 0 amide bonds. The van der Waals surface area contributed by atoms with E-state index in [1.165, 1.54) is 6.07 Å². The molecule has 0 unspecified atom stereocenters. The van der Waals surface area contributed by atoms with Gasteiger partial charge in [-0.15, -0.1) is 0 Å². The fraction of sp³-hybridized carbons (Fsp3) is 0.300. The lowest BCUT2D eigenvalue weighted by atomic mass is 10.1. The standard InChI is InChI=1S/C10H6BrClFNO/c11-7-3-6(4-8(12)9(7)13)10(1-2-10)14-5-15/h3-4H,1-2H2. The highest BCUT2D eigenvalue weighted by Crippen LogP contribution is 2.50. The second kappa shape index (κ2) is 3.71. The van der Waals surface area contributed by atoms with Crippen LogP contribution in [0.2, 0.25) is 5.02 Å². The first-order valence-corrected chi connectivity index (χ1v) is 5.50. The van der Waals surface area contributed by atoms with Gasteiger partial charge in [0.2, 0.25) is 6.08 Å². The van der Waals surface area contributed by atoms with Crippen molar-refractivity contribution in [1.82, 2.24) is 0 Å². The molecule has 1 aliphatic rings. The van der Waals surface area contributed by atoms with Crippen LogP contribution in [-0.4, -0.2) is 6.08 Å². The Bertz CT molecular complexity index is 443. The van der Waals surface area contributed by atoms with Crippen molar-refractivity contribution in [3.63, 3.8) is 0 Å². The van der Waals surface area contributed by atoms with Crippen molar-refractivity contribution in [3.05, 3.63) is 33.0 Å². The summed E-state index contributed by atoms with van der Waals surface area (Å²) in [6.45, 7) is 0. The lowest BCUT2D eigenvalue weighted by Gasteiger charge is -2.09. The van der Waals surface area contributed by atoms with Gasteiger partial charge in [0, 0.05) is 0 Å². The molecule has 1 aliphatic carbocycles. The summed E-state index contributed by atoms with van der Waals surface area (Å²) in [5, 5.41) is 0.0340. The maximum absolute atomic E-state index is 13.2. The quantitative estimate of drug-likeness (QED) is 0.465. The number of hydrogen-bond acceptors (Lipinski definition) is 2. The van der Waals surface area contributed by atoms with E-state index in [2.05, 4.69) is 20.9 Å². The van der Waals surface area contributed by atoms with Gasteiger partial charge in [0.25, 0.3) is 0 Å². The maximum Gasteiger partial charge on any atom is 0.235 e. The van der Waals surface area contributed by atoms with Gasteiger partial charge in [0.15, 0.2) is 5.82 Å². The third kappa shape index (κ3) is 1.85. The number of benzene rings is 1. The molecule has 78 valence electrons. The summed E-state index contributed by atoms with van der Waals surface area (Å²) < 4.78 is 13.5. The van der Waals surface area contributed by atoms with Gasteiger partial charge in [-0.3, -0.25) is 0 Å². The van der Waals surface area contributed by atoms with E-state index in [0.29, 0.717) is 0 Å². The van der Waals surface area contributed by atoms with Gasteiger partial charge in [-0.25, -0.2) is 9.18 Å². The number of carbonyl (C=O) groups excluding carboxylic acids is 1. The van der Waals surface area contributed by atoms with Crippen molar-refractivity contribution in [2.24, 2.45) is 4.99 Å². The smallest absolute Gasteiger partial charge is 0.211 e. The van der Waals surface area contributed by atoms with Crippen LogP contribution in [0.4, 0.5) is 4.39 Å². The Balaban J connectivity index is 2.51. The molecule has 15 heavy (non-hydrogen) atoms. The zero-order valence-corrected chi connectivity index (χ0v) is 9.90. The zero-order chi connectivity index (χ0) is 11.1. The minimum absolute atomic E-state index is 0.0340. The molecule has 0 atom stereocenters. The first-order valence-electron chi connectivity index (χ1n) is 4.33. The highest BCUT2D eigenvalue weighted by molar-refractivity contribution is 9.10. The van der Waals surface area contributed by atoms with Crippen molar-refractivity contribution in [1.29, 1.82) is 0 Å². The van der Waals surface area contributed by atoms with Gasteiger partial charge in [0.1, 0.15) is 0 Å². The minimum Gasteiger partial charge on any atom is -0.211 e. The first kappa shape index (κ1) is 10.8. The third-order valence-electron chi connectivity index (χ3n) is 2.50. The van der Waals surface area contributed by atoms with Crippen LogP contribution in [0.3, 0.4) is 0 Å². The van der Waals surface area contributed by atoms with Crippen molar-refractivity contribution in [3.8, 4) is 0 Å². The molecule has 1 aromatic carbocycles. The number of isocyanates is 1. The minimum atomic E-state index is -0.512. The van der Waals surface area contributed by atoms with Crippen molar-refractivity contribution in [2.75, 3.05) is 0 Å². The molecule has 1 fully saturated rings. The van der Waals surface area contributed by atoms with E-state index >= 15 is 0 Å². The van der Waals surface area contributed by atoms with E-state index in [1.807, 2.05) is 0 Å². The van der Waals surface area contributed by atoms with Gasteiger partial charge in [0.05, 0.1) is 15.0 Å². The number of rotatable bonds is 2. The van der Waals surface area contributed by atoms with Gasteiger partial charge in [-0.05, 0) is 46.5 Å². The number of nitrogens with zero attached hydrogens (tertiary/aromatic N) is 1.